The molecule has 0 heterocycles. The number of hydrogen-bond acceptors (Lipinski definition) is 2. The summed E-state index contributed by atoms with van der Waals surface area (Å²) in [6.07, 6.45) is 16.1. The van der Waals surface area contributed by atoms with E-state index in [9.17, 15) is 0 Å². The number of hydrogen-bond donors (Lipinski definition) is 2. The van der Waals surface area contributed by atoms with Crippen LogP contribution in [0, 0.1) is 11.8 Å². The lowest BCUT2D eigenvalue weighted by Gasteiger charge is -2.34. The van der Waals surface area contributed by atoms with E-state index in [-0.39, 0.29) is 0 Å². The molecule has 0 aromatic rings. The number of nitrogens with one attached hydrogen (secondary N) is 1. The Hall–Kier alpha value is -0.0800. The van der Waals surface area contributed by atoms with E-state index >= 15 is 0 Å². The van der Waals surface area contributed by atoms with Gasteiger partial charge in [-0.2, -0.15) is 0 Å². The summed E-state index contributed by atoms with van der Waals surface area (Å²) < 4.78 is 0. The zero-order valence-electron chi connectivity index (χ0n) is 12.0. The molecule has 2 heteroatoms. The number of nitrogens with two attached hydrogens (primary N) is 1. The van der Waals surface area contributed by atoms with Crippen LogP contribution < -0.4 is 11.1 Å². The van der Waals surface area contributed by atoms with Crippen LogP contribution in [-0.4, -0.2) is 19.1 Å². The highest BCUT2D eigenvalue weighted by Gasteiger charge is 2.26. The van der Waals surface area contributed by atoms with Crippen molar-refractivity contribution in [3.05, 3.63) is 0 Å². The molecule has 2 rings (SSSR count). The molecular formula is C16H32N2. The molecule has 0 saturated heterocycles. The van der Waals surface area contributed by atoms with Gasteiger partial charge in [-0.1, -0.05) is 51.4 Å². The highest BCUT2D eigenvalue weighted by Crippen LogP contribution is 2.33. The van der Waals surface area contributed by atoms with Crippen LogP contribution in [0.2, 0.25) is 0 Å². The maximum absolute atomic E-state index is 5.68. The fourth-order valence-corrected chi connectivity index (χ4v) is 4.03. The fourth-order valence-electron chi connectivity index (χ4n) is 4.03. The van der Waals surface area contributed by atoms with Crippen molar-refractivity contribution in [2.24, 2.45) is 17.6 Å². The van der Waals surface area contributed by atoms with Gasteiger partial charge in [-0.05, 0) is 31.1 Å². The third-order valence-corrected chi connectivity index (χ3v) is 5.08. The molecule has 2 nitrogen and oxygen atoms in total. The van der Waals surface area contributed by atoms with Crippen LogP contribution in [0.3, 0.4) is 0 Å². The van der Waals surface area contributed by atoms with E-state index in [1.807, 2.05) is 0 Å². The molecule has 2 aliphatic rings. The van der Waals surface area contributed by atoms with Gasteiger partial charge in [0.25, 0.3) is 0 Å². The van der Waals surface area contributed by atoms with Crippen LogP contribution >= 0.6 is 0 Å². The van der Waals surface area contributed by atoms with Gasteiger partial charge in [0.2, 0.25) is 0 Å². The summed E-state index contributed by atoms with van der Waals surface area (Å²) in [6, 6.07) is 0.761. The standard InChI is InChI=1S/C16H32N2/c17-11-12-18-16(15-9-5-2-6-10-15)13-14-7-3-1-4-8-14/h14-16,18H,1-13,17H2. The lowest BCUT2D eigenvalue weighted by Crippen LogP contribution is -2.41. The molecule has 18 heavy (non-hydrogen) atoms. The zero-order chi connectivity index (χ0) is 12.6. The van der Waals surface area contributed by atoms with E-state index in [0.29, 0.717) is 0 Å². The van der Waals surface area contributed by atoms with Gasteiger partial charge in [-0.15, -0.1) is 0 Å². The van der Waals surface area contributed by atoms with Gasteiger partial charge in [-0.25, -0.2) is 0 Å². The van der Waals surface area contributed by atoms with Gasteiger partial charge < -0.3 is 11.1 Å². The lowest BCUT2D eigenvalue weighted by molar-refractivity contribution is 0.213. The summed E-state index contributed by atoms with van der Waals surface area (Å²) in [5, 5.41) is 3.76. The Bertz CT molecular complexity index is 205. The van der Waals surface area contributed by atoms with Crippen molar-refractivity contribution < 1.29 is 0 Å². The second kappa shape index (κ2) is 8.16. The first kappa shape index (κ1) is 14.3. The molecule has 3 N–H and O–H groups in total. The molecule has 0 bridgehead atoms. The molecule has 0 aromatic heterocycles. The summed E-state index contributed by atoms with van der Waals surface area (Å²) in [5.74, 6) is 1.93. The summed E-state index contributed by atoms with van der Waals surface area (Å²) in [7, 11) is 0. The van der Waals surface area contributed by atoms with Gasteiger partial charge in [0, 0.05) is 19.1 Å². The largest absolute Gasteiger partial charge is 0.329 e. The van der Waals surface area contributed by atoms with E-state index in [1.165, 1.54) is 70.6 Å². The van der Waals surface area contributed by atoms with Crippen LogP contribution in [0.5, 0.6) is 0 Å². The van der Waals surface area contributed by atoms with E-state index < -0.39 is 0 Å². The van der Waals surface area contributed by atoms with Gasteiger partial charge in [0.15, 0.2) is 0 Å². The first-order valence-corrected chi connectivity index (χ1v) is 8.33. The second-order valence-electron chi connectivity index (χ2n) is 6.49. The lowest BCUT2D eigenvalue weighted by atomic mass is 9.77. The molecule has 0 spiro atoms. The molecule has 1 unspecified atom stereocenters. The zero-order valence-corrected chi connectivity index (χ0v) is 12.0. The van der Waals surface area contributed by atoms with E-state index in [0.717, 1.165) is 31.0 Å². The monoisotopic (exact) mass is 252 g/mol. The Morgan fingerprint density at radius 3 is 2.11 bits per heavy atom. The molecule has 2 aliphatic carbocycles. The molecule has 0 aromatic carbocycles. The van der Waals surface area contributed by atoms with Crippen molar-refractivity contribution in [3.63, 3.8) is 0 Å². The average molecular weight is 252 g/mol. The third kappa shape index (κ3) is 4.55. The van der Waals surface area contributed by atoms with Gasteiger partial charge >= 0.3 is 0 Å². The normalized spacial score (nSPS) is 25.2. The smallest absolute Gasteiger partial charge is 0.00984 e. The van der Waals surface area contributed by atoms with Crippen molar-refractivity contribution in [2.45, 2.75) is 76.7 Å². The third-order valence-electron chi connectivity index (χ3n) is 5.08. The highest BCUT2D eigenvalue weighted by atomic mass is 14.9. The van der Waals surface area contributed by atoms with Crippen LogP contribution in [0.15, 0.2) is 0 Å². The van der Waals surface area contributed by atoms with E-state index in [4.69, 9.17) is 5.73 Å². The molecule has 0 amide bonds. The highest BCUT2D eigenvalue weighted by molar-refractivity contribution is 4.82. The Labute approximate surface area is 113 Å². The summed E-state index contributed by atoms with van der Waals surface area (Å²) in [5.41, 5.74) is 5.68. The van der Waals surface area contributed by atoms with Crippen LogP contribution in [0.4, 0.5) is 0 Å². The van der Waals surface area contributed by atoms with Crippen molar-refractivity contribution in [1.82, 2.24) is 5.32 Å². The maximum atomic E-state index is 5.68. The summed E-state index contributed by atoms with van der Waals surface area (Å²) >= 11 is 0. The summed E-state index contributed by atoms with van der Waals surface area (Å²) in [6.45, 7) is 1.79. The first-order chi connectivity index (χ1) is 8.90. The predicted molar refractivity (Wildman–Crippen MR) is 78.6 cm³/mol. The molecule has 0 radical (unpaired) electrons. The van der Waals surface area contributed by atoms with Crippen molar-refractivity contribution in [1.29, 1.82) is 0 Å². The SMILES string of the molecule is NCCNC(CC1CCCCC1)C1CCCCC1. The predicted octanol–water partition coefficient (Wildman–Crippen LogP) is 3.45. The Kier molecular flexibility index (Phi) is 6.50. The Morgan fingerprint density at radius 2 is 1.50 bits per heavy atom. The van der Waals surface area contributed by atoms with Crippen LogP contribution in [-0.2, 0) is 0 Å². The Morgan fingerprint density at radius 1 is 0.889 bits per heavy atom. The molecule has 2 saturated carbocycles. The van der Waals surface area contributed by atoms with E-state index in [1.54, 1.807) is 0 Å². The van der Waals surface area contributed by atoms with Gasteiger partial charge in [-0.3, -0.25) is 0 Å². The summed E-state index contributed by atoms with van der Waals surface area (Å²) in [4.78, 5) is 0. The van der Waals surface area contributed by atoms with Gasteiger partial charge in [0.1, 0.15) is 0 Å². The second-order valence-corrected chi connectivity index (χ2v) is 6.49. The minimum absolute atomic E-state index is 0.761. The van der Waals surface area contributed by atoms with Crippen LogP contribution in [0.1, 0.15) is 70.6 Å². The first-order valence-electron chi connectivity index (χ1n) is 8.33. The maximum Gasteiger partial charge on any atom is 0.00984 e. The molecule has 106 valence electrons. The van der Waals surface area contributed by atoms with E-state index in [2.05, 4.69) is 5.32 Å². The van der Waals surface area contributed by atoms with Crippen LogP contribution in [0.25, 0.3) is 0 Å². The molecular weight excluding hydrogens is 220 g/mol. The van der Waals surface area contributed by atoms with Crippen molar-refractivity contribution in [2.75, 3.05) is 13.1 Å². The molecule has 0 aliphatic heterocycles. The van der Waals surface area contributed by atoms with Gasteiger partial charge in [0.05, 0.1) is 0 Å². The fraction of sp³-hybridized carbons (Fsp3) is 1.00. The number of rotatable bonds is 6. The van der Waals surface area contributed by atoms with Crippen molar-refractivity contribution >= 4 is 0 Å². The topological polar surface area (TPSA) is 38.0 Å². The minimum Gasteiger partial charge on any atom is -0.329 e. The molecule has 1 atom stereocenters. The quantitative estimate of drug-likeness (QED) is 0.760. The minimum atomic E-state index is 0.761. The molecule has 2 fully saturated rings. The Balaban J connectivity index is 1.82. The van der Waals surface area contributed by atoms with Crippen molar-refractivity contribution in [3.8, 4) is 0 Å². The average Bonchev–Trinajstić information content (AvgIpc) is 2.45.